The van der Waals surface area contributed by atoms with Gasteiger partial charge in [-0.2, -0.15) is 10.2 Å². The highest BCUT2D eigenvalue weighted by Gasteiger charge is 2.19. The summed E-state index contributed by atoms with van der Waals surface area (Å²) < 4.78 is 3.84. The molecule has 7 heteroatoms. The lowest BCUT2D eigenvalue weighted by molar-refractivity contribution is -0.657. The lowest BCUT2D eigenvalue weighted by Crippen LogP contribution is -2.30. The third kappa shape index (κ3) is 4.23. The Morgan fingerprint density at radius 3 is 2.17 bits per heavy atom. The van der Waals surface area contributed by atoms with Gasteiger partial charge in [0, 0.05) is 24.4 Å². The Morgan fingerprint density at radius 2 is 1.52 bits per heavy atom. The largest absolute Gasteiger partial charge is 0.421 e. The maximum atomic E-state index is 4.42. The number of rotatable bonds is 4. The second-order valence-corrected chi connectivity index (χ2v) is 7.74. The highest BCUT2D eigenvalue weighted by molar-refractivity contribution is 5.60. The van der Waals surface area contributed by atoms with E-state index >= 15 is 0 Å². The molecule has 1 aromatic heterocycles. The van der Waals surface area contributed by atoms with Crippen LogP contribution in [0.4, 0.5) is 28.7 Å². The Hall–Kier alpha value is -3.35. The second-order valence-electron chi connectivity index (χ2n) is 7.74. The first-order valence-corrected chi connectivity index (χ1v) is 9.78. The van der Waals surface area contributed by atoms with Crippen LogP contribution in [0.15, 0.2) is 75.3 Å². The molecule has 1 unspecified atom stereocenters. The molecule has 29 heavy (non-hydrogen) atoms. The molecule has 0 fully saturated rings. The van der Waals surface area contributed by atoms with E-state index in [-0.39, 0.29) is 0 Å². The van der Waals surface area contributed by atoms with E-state index in [0.717, 1.165) is 36.0 Å². The molecule has 0 saturated heterocycles. The van der Waals surface area contributed by atoms with E-state index in [4.69, 9.17) is 0 Å². The van der Waals surface area contributed by atoms with Gasteiger partial charge in [0.05, 0.1) is 37.9 Å². The van der Waals surface area contributed by atoms with Crippen molar-refractivity contribution in [2.75, 3.05) is 18.5 Å². The summed E-state index contributed by atoms with van der Waals surface area (Å²) >= 11 is 0. The lowest BCUT2D eigenvalue weighted by Gasteiger charge is -2.31. The second kappa shape index (κ2) is 7.95. The SMILES string of the molecule is CC1Cc2cc(N=Nc3ccc(N=Nc4n(C)cc[n+]4C)cc3)ccc2N(C)C1. The van der Waals surface area contributed by atoms with Gasteiger partial charge in [0.15, 0.2) is 0 Å². The van der Waals surface area contributed by atoms with Crippen molar-refractivity contribution in [2.45, 2.75) is 13.3 Å². The van der Waals surface area contributed by atoms with E-state index < -0.39 is 0 Å². The molecular weight excluding hydrogens is 362 g/mol. The van der Waals surface area contributed by atoms with Gasteiger partial charge in [-0.1, -0.05) is 12.0 Å². The predicted molar refractivity (Wildman–Crippen MR) is 114 cm³/mol. The number of nitrogens with zero attached hydrogens (tertiary/aromatic N) is 7. The van der Waals surface area contributed by atoms with E-state index in [1.54, 1.807) is 0 Å². The van der Waals surface area contributed by atoms with Gasteiger partial charge in [0.1, 0.15) is 5.69 Å². The minimum atomic E-state index is 0.652. The molecule has 0 aliphatic carbocycles. The van der Waals surface area contributed by atoms with Gasteiger partial charge in [-0.3, -0.25) is 0 Å². The molecule has 2 aromatic carbocycles. The fraction of sp³-hybridized carbons (Fsp3) is 0.318. The minimum Gasteiger partial charge on any atom is -0.374 e. The molecule has 0 amide bonds. The van der Waals surface area contributed by atoms with Crippen LogP contribution in [0.3, 0.4) is 0 Å². The number of azo groups is 2. The maximum Gasteiger partial charge on any atom is 0.421 e. The third-order valence-corrected chi connectivity index (χ3v) is 5.16. The molecule has 1 aliphatic heterocycles. The Labute approximate surface area is 171 Å². The summed E-state index contributed by atoms with van der Waals surface area (Å²) in [6, 6.07) is 13.9. The van der Waals surface area contributed by atoms with E-state index in [9.17, 15) is 0 Å². The smallest absolute Gasteiger partial charge is 0.374 e. The molecule has 1 atom stereocenters. The molecule has 0 radical (unpaired) electrons. The summed E-state index contributed by atoms with van der Waals surface area (Å²) in [5, 5.41) is 17.4. The molecule has 0 N–H and O–H groups in total. The molecule has 148 valence electrons. The highest BCUT2D eigenvalue weighted by atomic mass is 15.3. The van der Waals surface area contributed by atoms with Gasteiger partial charge in [-0.15, -0.1) is 0 Å². The maximum absolute atomic E-state index is 4.42. The highest BCUT2D eigenvalue weighted by Crippen LogP contribution is 2.32. The van der Waals surface area contributed by atoms with Gasteiger partial charge in [0.2, 0.25) is 0 Å². The Kier molecular flexibility index (Phi) is 5.20. The van der Waals surface area contributed by atoms with Crippen molar-refractivity contribution in [2.24, 2.45) is 40.5 Å². The zero-order valence-corrected chi connectivity index (χ0v) is 17.3. The fourth-order valence-electron chi connectivity index (χ4n) is 3.70. The molecule has 0 spiro atoms. The van der Waals surface area contributed by atoms with E-state index in [0.29, 0.717) is 5.92 Å². The van der Waals surface area contributed by atoms with Crippen LogP contribution in [0.2, 0.25) is 0 Å². The number of imidazole rings is 1. The zero-order chi connectivity index (χ0) is 20.4. The molecule has 0 saturated carbocycles. The zero-order valence-electron chi connectivity index (χ0n) is 17.3. The minimum absolute atomic E-state index is 0.652. The number of benzene rings is 2. The molecule has 1 aliphatic rings. The average molecular weight is 388 g/mol. The Balaban J connectivity index is 1.46. The van der Waals surface area contributed by atoms with E-state index in [2.05, 4.69) is 51.5 Å². The standard InChI is InChI=1S/C22H26N7/c1-16-13-17-14-20(9-10-21(17)29(4)15-16)25-23-18-5-7-19(8-6-18)24-26-22-27(2)11-12-28(22)3/h5-12,14,16H,13,15H2,1-4H3/q+1. The summed E-state index contributed by atoms with van der Waals surface area (Å²) in [6.07, 6.45) is 4.97. The van der Waals surface area contributed by atoms with Gasteiger partial charge in [0.25, 0.3) is 0 Å². The van der Waals surface area contributed by atoms with Crippen LogP contribution in [-0.2, 0) is 20.5 Å². The first-order valence-electron chi connectivity index (χ1n) is 9.78. The van der Waals surface area contributed by atoms with E-state index in [1.165, 1.54) is 11.3 Å². The van der Waals surface area contributed by atoms with Crippen molar-refractivity contribution in [3.05, 3.63) is 60.4 Å². The number of hydrogen-bond donors (Lipinski definition) is 0. The van der Waals surface area contributed by atoms with Gasteiger partial charge < -0.3 is 4.90 Å². The summed E-state index contributed by atoms with van der Waals surface area (Å²) in [7, 11) is 6.03. The fourth-order valence-corrected chi connectivity index (χ4v) is 3.70. The molecule has 7 nitrogen and oxygen atoms in total. The quantitative estimate of drug-likeness (QED) is 0.441. The van der Waals surface area contributed by atoms with Gasteiger partial charge >= 0.3 is 5.95 Å². The van der Waals surface area contributed by atoms with Crippen LogP contribution in [0.5, 0.6) is 0 Å². The van der Waals surface area contributed by atoms with Crippen molar-refractivity contribution < 1.29 is 4.57 Å². The van der Waals surface area contributed by atoms with Crippen LogP contribution in [0.1, 0.15) is 12.5 Å². The molecule has 3 aromatic rings. The van der Waals surface area contributed by atoms with Crippen molar-refractivity contribution >= 4 is 28.7 Å². The monoisotopic (exact) mass is 388 g/mol. The average Bonchev–Trinajstić information content (AvgIpc) is 3.02. The Bertz CT molecular complexity index is 1040. The molecule has 2 heterocycles. The number of fused-ring (bicyclic) bond motifs is 1. The van der Waals surface area contributed by atoms with Crippen LogP contribution in [-0.4, -0.2) is 18.2 Å². The summed E-state index contributed by atoms with van der Waals surface area (Å²) in [4.78, 5) is 2.31. The van der Waals surface area contributed by atoms with Gasteiger partial charge in [-0.05, 0) is 60.4 Å². The normalized spacial score (nSPS) is 16.7. The van der Waals surface area contributed by atoms with Gasteiger partial charge in [-0.25, -0.2) is 9.13 Å². The number of aryl methyl sites for hydroxylation is 2. The topological polar surface area (TPSA) is 61.5 Å². The first-order chi connectivity index (χ1) is 14.0. The third-order valence-electron chi connectivity index (χ3n) is 5.16. The predicted octanol–water partition coefficient (Wildman–Crippen LogP) is 5.31. The van der Waals surface area contributed by atoms with Crippen molar-refractivity contribution in [3.8, 4) is 0 Å². The van der Waals surface area contributed by atoms with E-state index in [1.807, 2.05) is 66.0 Å². The van der Waals surface area contributed by atoms with Crippen molar-refractivity contribution in [3.63, 3.8) is 0 Å². The van der Waals surface area contributed by atoms with Crippen molar-refractivity contribution in [1.29, 1.82) is 0 Å². The summed E-state index contributed by atoms with van der Waals surface area (Å²) in [5.41, 5.74) is 5.08. The van der Waals surface area contributed by atoms with Crippen LogP contribution in [0.25, 0.3) is 0 Å². The summed E-state index contributed by atoms with van der Waals surface area (Å²) in [6.45, 7) is 3.38. The van der Waals surface area contributed by atoms with Crippen molar-refractivity contribution in [1.82, 2.24) is 4.57 Å². The van der Waals surface area contributed by atoms with Crippen LogP contribution < -0.4 is 9.47 Å². The van der Waals surface area contributed by atoms with Crippen LogP contribution in [0, 0.1) is 5.92 Å². The number of hydrogen-bond acceptors (Lipinski definition) is 5. The molecule has 0 bridgehead atoms. The van der Waals surface area contributed by atoms with Crippen LogP contribution >= 0.6 is 0 Å². The number of anilines is 1. The summed E-state index contributed by atoms with van der Waals surface area (Å²) in [5.74, 6) is 1.43. The number of aromatic nitrogens is 2. The molecular formula is C22H26N7+. The molecule has 4 rings (SSSR count). The Morgan fingerprint density at radius 1 is 0.897 bits per heavy atom. The lowest BCUT2D eigenvalue weighted by atomic mass is 9.94. The first kappa shape index (κ1) is 19.0.